The van der Waals surface area contributed by atoms with Gasteiger partial charge in [0.1, 0.15) is 11.8 Å². The minimum atomic E-state index is -0.144. The van der Waals surface area contributed by atoms with Gasteiger partial charge in [0.25, 0.3) is 0 Å². The Labute approximate surface area is 109 Å². The summed E-state index contributed by atoms with van der Waals surface area (Å²) in [5.41, 5.74) is 1.59. The molecule has 0 fully saturated rings. The molecule has 1 aromatic carbocycles. The maximum absolute atomic E-state index is 8.77. The van der Waals surface area contributed by atoms with Gasteiger partial charge in [-0.2, -0.15) is 10.2 Å². The van der Waals surface area contributed by atoms with Crippen LogP contribution in [0.3, 0.4) is 0 Å². The molecule has 2 heterocycles. The van der Waals surface area contributed by atoms with Gasteiger partial charge in [-0.1, -0.05) is 23.4 Å². The molecule has 0 aliphatic rings. The molecule has 2 aromatic heterocycles. The predicted octanol–water partition coefficient (Wildman–Crippen LogP) is 3.18. The Morgan fingerprint density at radius 2 is 2.21 bits per heavy atom. The zero-order valence-corrected chi connectivity index (χ0v) is 10.3. The molecule has 0 saturated heterocycles. The van der Waals surface area contributed by atoms with Crippen LogP contribution >= 0.6 is 0 Å². The number of hydrogen-bond donors (Lipinski definition) is 0. The quantitative estimate of drug-likeness (QED) is 0.716. The fraction of sp³-hybridized carbons (Fsp3) is 0.214. The molecule has 0 amide bonds. The minimum absolute atomic E-state index is 0.144. The van der Waals surface area contributed by atoms with Gasteiger partial charge < -0.3 is 8.94 Å². The van der Waals surface area contributed by atoms with E-state index in [0.29, 0.717) is 18.1 Å². The molecular weight excluding hydrogens is 242 g/mol. The van der Waals surface area contributed by atoms with E-state index in [9.17, 15) is 0 Å². The van der Waals surface area contributed by atoms with Crippen molar-refractivity contribution in [3.63, 3.8) is 0 Å². The van der Waals surface area contributed by atoms with Crippen molar-refractivity contribution < 1.29 is 8.94 Å². The molecule has 5 heteroatoms. The van der Waals surface area contributed by atoms with E-state index in [1.165, 1.54) is 0 Å². The Kier molecular flexibility index (Phi) is 2.76. The second kappa shape index (κ2) is 4.58. The average molecular weight is 253 g/mol. The number of hydrogen-bond acceptors (Lipinski definition) is 5. The van der Waals surface area contributed by atoms with Crippen LogP contribution in [-0.4, -0.2) is 10.1 Å². The normalized spacial score (nSPS) is 12.4. The zero-order valence-electron chi connectivity index (χ0n) is 10.3. The zero-order chi connectivity index (χ0) is 13.2. The van der Waals surface area contributed by atoms with Gasteiger partial charge in [0, 0.05) is 11.8 Å². The number of benzene rings is 1. The monoisotopic (exact) mass is 253 g/mol. The maximum atomic E-state index is 8.77. The van der Waals surface area contributed by atoms with Crippen molar-refractivity contribution in [2.24, 2.45) is 5.92 Å². The molecule has 1 unspecified atom stereocenters. The van der Waals surface area contributed by atoms with Gasteiger partial charge in [-0.15, -0.1) is 0 Å². The van der Waals surface area contributed by atoms with Crippen LogP contribution in [0.5, 0.6) is 0 Å². The third-order valence-electron chi connectivity index (χ3n) is 2.89. The molecule has 0 radical (unpaired) electrons. The summed E-state index contributed by atoms with van der Waals surface area (Å²) in [6, 6.07) is 9.81. The topological polar surface area (TPSA) is 75.8 Å². The molecule has 0 N–H and O–H groups in total. The largest absolute Gasteiger partial charge is 0.464 e. The first-order valence-electron chi connectivity index (χ1n) is 5.96. The number of furan rings is 1. The summed E-state index contributed by atoms with van der Waals surface area (Å²) in [5.74, 6) is 0.814. The molecular formula is C14H11N3O2. The van der Waals surface area contributed by atoms with Gasteiger partial charge in [0.15, 0.2) is 0 Å². The molecule has 3 rings (SSSR count). The van der Waals surface area contributed by atoms with Crippen molar-refractivity contribution in [3.8, 4) is 17.5 Å². The van der Waals surface area contributed by atoms with E-state index in [1.54, 1.807) is 6.26 Å². The maximum Gasteiger partial charge on any atom is 0.228 e. The average Bonchev–Trinajstić information content (AvgIpc) is 3.04. The van der Waals surface area contributed by atoms with E-state index >= 15 is 0 Å². The van der Waals surface area contributed by atoms with Gasteiger partial charge in [-0.3, -0.25) is 0 Å². The highest BCUT2D eigenvalue weighted by molar-refractivity contribution is 5.91. The number of nitrogens with zero attached hydrogens (tertiary/aromatic N) is 3. The molecule has 5 nitrogen and oxygen atoms in total. The molecule has 19 heavy (non-hydrogen) atoms. The lowest BCUT2D eigenvalue weighted by Gasteiger charge is -1.93. The number of fused-ring (bicyclic) bond motifs is 1. The first-order chi connectivity index (χ1) is 9.28. The summed E-state index contributed by atoms with van der Waals surface area (Å²) >= 11 is 0. The van der Waals surface area contributed by atoms with Crippen molar-refractivity contribution in [3.05, 3.63) is 36.4 Å². The second-order valence-corrected chi connectivity index (χ2v) is 4.39. The second-order valence-electron chi connectivity index (χ2n) is 4.39. The summed E-state index contributed by atoms with van der Waals surface area (Å²) in [5, 5.41) is 13.7. The van der Waals surface area contributed by atoms with Crippen LogP contribution in [0.1, 0.15) is 12.8 Å². The van der Waals surface area contributed by atoms with Crippen molar-refractivity contribution >= 4 is 11.0 Å². The van der Waals surface area contributed by atoms with E-state index in [0.717, 1.165) is 16.5 Å². The Balaban J connectivity index is 1.97. The van der Waals surface area contributed by atoms with Gasteiger partial charge in [-0.05, 0) is 13.0 Å². The Bertz CT molecular complexity index is 751. The highest BCUT2D eigenvalue weighted by Gasteiger charge is 2.15. The molecule has 0 bridgehead atoms. The SMILES string of the molecule is CC(C#N)Cc1nc(-c2coc3ccccc23)no1. The lowest BCUT2D eigenvalue weighted by atomic mass is 10.1. The van der Waals surface area contributed by atoms with E-state index < -0.39 is 0 Å². The van der Waals surface area contributed by atoms with Gasteiger partial charge in [-0.25, -0.2) is 0 Å². The van der Waals surface area contributed by atoms with Gasteiger partial charge >= 0.3 is 0 Å². The summed E-state index contributed by atoms with van der Waals surface area (Å²) in [4.78, 5) is 4.30. The highest BCUT2D eigenvalue weighted by Crippen LogP contribution is 2.28. The molecule has 0 saturated carbocycles. The summed E-state index contributed by atoms with van der Waals surface area (Å²) in [6.07, 6.45) is 2.08. The fourth-order valence-electron chi connectivity index (χ4n) is 1.91. The third-order valence-corrected chi connectivity index (χ3v) is 2.89. The molecule has 0 spiro atoms. The van der Waals surface area contributed by atoms with Crippen LogP contribution in [0, 0.1) is 17.2 Å². The van der Waals surface area contributed by atoms with Gasteiger partial charge in [0.05, 0.1) is 17.6 Å². The molecule has 0 aliphatic carbocycles. The number of rotatable bonds is 3. The Morgan fingerprint density at radius 1 is 1.37 bits per heavy atom. The lowest BCUT2D eigenvalue weighted by Crippen LogP contribution is -1.96. The van der Waals surface area contributed by atoms with Crippen LogP contribution in [0.15, 0.2) is 39.5 Å². The van der Waals surface area contributed by atoms with Crippen molar-refractivity contribution in [2.75, 3.05) is 0 Å². The van der Waals surface area contributed by atoms with Crippen molar-refractivity contribution in [1.82, 2.24) is 10.1 Å². The third kappa shape index (κ3) is 2.08. The van der Waals surface area contributed by atoms with E-state index in [2.05, 4.69) is 16.2 Å². The minimum Gasteiger partial charge on any atom is -0.464 e. The standard InChI is InChI=1S/C14H11N3O2/c1-9(7-15)6-13-16-14(17-19-13)11-8-18-12-5-3-2-4-10(11)12/h2-5,8-9H,6H2,1H3. The molecule has 1 atom stereocenters. The fourth-order valence-corrected chi connectivity index (χ4v) is 1.91. The first-order valence-corrected chi connectivity index (χ1v) is 5.96. The summed E-state index contributed by atoms with van der Waals surface area (Å²) in [6.45, 7) is 1.82. The smallest absolute Gasteiger partial charge is 0.228 e. The highest BCUT2D eigenvalue weighted by atomic mass is 16.5. The van der Waals surface area contributed by atoms with Gasteiger partial charge in [0.2, 0.25) is 11.7 Å². The molecule has 3 aromatic rings. The predicted molar refractivity (Wildman–Crippen MR) is 68.0 cm³/mol. The van der Waals surface area contributed by atoms with Crippen LogP contribution in [0.25, 0.3) is 22.4 Å². The van der Waals surface area contributed by atoms with E-state index in [4.69, 9.17) is 14.2 Å². The van der Waals surface area contributed by atoms with Crippen LogP contribution in [0.4, 0.5) is 0 Å². The molecule has 94 valence electrons. The lowest BCUT2D eigenvalue weighted by molar-refractivity contribution is 0.369. The number of para-hydroxylation sites is 1. The summed E-state index contributed by atoms with van der Waals surface area (Å²) in [7, 11) is 0. The first kappa shape index (κ1) is 11.5. The van der Waals surface area contributed by atoms with Crippen molar-refractivity contribution in [2.45, 2.75) is 13.3 Å². The van der Waals surface area contributed by atoms with E-state index in [1.807, 2.05) is 31.2 Å². The van der Waals surface area contributed by atoms with Crippen LogP contribution < -0.4 is 0 Å². The molecule has 0 aliphatic heterocycles. The van der Waals surface area contributed by atoms with Crippen molar-refractivity contribution in [1.29, 1.82) is 5.26 Å². The Hall–Kier alpha value is -2.61. The van der Waals surface area contributed by atoms with E-state index in [-0.39, 0.29) is 5.92 Å². The number of aromatic nitrogens is 2. The van der Waals surface area contributed by atoms with Crippen LogP contribution in [0.2, 0.25) is 0 Å². The summed E-state index contributed by atoms with van der Waals surface area (Å²) < 4.78 is 10.6. The Morgan fingerprint density at radius 3 is 3.05 bits per heavy atom. The van der Waals surface area contributed by atoms with Crippen LogP contribution in [-0.2, 0) is 6.42 Å². The number of nitriles is 1.